The summed E-state index contributed by atoms with van der Waals surface area (Å²) in [5, 5.41) is 9.03. The fourth-order valence-corrected chi connectivity index (χ4v) is 4.61. The Morgan fingerprint density at radius 1 is 0.941 bits per heavy atom. The molecule has 0 amide bonds. The summed E-state index contributed by atoms with van der Waals surface area (Å²) in [7, 11) is 1.58. The third-order valence-electron chi connectivity index (χ3n) is 4.67. The van der Waals surface area contributed by atoms with E-state index in [1.54, 1.807) is 37.6 Å². The van der Waals surface area contributed by atoms with Gasteiger partial charge in [0.2, 0.25) is 5.13 Å². The summed E-state index contributed by atoms with van der Waals surface area (Å²) in [5.74, 6) is 1.16. The summed E-state index contributed by atoms with van der Waals surface area (Å²) in [6.45, 7) is 0.283. The molecular formula is C24H17Cl4N3O2S. The number of thiazole rings is 1. The lowest BCUT2D eigenvalue weighted by molar-refractivity contribution is 0.284. The summed E-state index contributed by atoms with van der Waals surface area (Å²) >= 11 is 25.8. The molecule has 0 atom stereocenters. The first-order chi connectivity index (χ1) is 16.4. The zero-order valence-corrected chi connectivity index (χ0v) is 21.5. The fourth-order valence-electron chi connectivity index (χ4n) is 2.99. The molecule has 0 radical (unpaired) electrons. The van der Waals surface area contributed by atoms with Gasteiger partial charge in [-0.1, -0.05) is 52.5 Å². The molecule has 1 heterocycles. The maximum atomic E-state index is 6.27. The highest BCUT2D eigenvalue weighted by Gasteiger charge is 2.10. The van der Waals surface area contributed by atoms with E-state index < -0.39 is 0 Å². The van der Waals surface area contributed by atoms with E-state index in [9.17, 15) is 0 Å². The number of nitrogens with one attached hydrogen (secondary N) is 1. The first-order valence-corrected chi connectivity index (χ1v) is 12.3. The summed E-state index contributed by atoms with van der Waals surface area (Å²) in [4.78, 5) is 4.52. The Bertz CT molecular complexity index is 1340. The van der Waals surface area contributed by atoms with E-state index in [1.807, 2.05) is 35.7 Å². The van der Waals surface area contributed by atoms with Crippen molar-refractivity contribution in [1.82, 2.24) is 4.98 Å². The standard InChI is InChI=1S/C24H17Cl4N3O2S/c1-32-23-8-14(2-7-22(23)33-12-15-3-4-16(25)9-19(15)27)11-29-31-24-30-21(13-34-24)18-6-5-17(26)10-20(18)28/h2-11,13H,12H2,1H3,(H,30,31)/b29-11-. The van der Waals surface area contributed by atoms with Gasteiger partial charge in [0, 0.05) is 31.6 Å². The van der Waals surface area contributed by atoms with Crippen LogP contribution in [-0.2, 0) is 6.61 Å². The Morgan fingerprint density at radius 3 is 2.44 bits per heavy atom. The lowest BCUT2D eigenvalue weighted by Gasteiger charge is -2.12. The monoisotopic (exact) mass is 551 g/mol. The number of nitrogens with zero attached hydrogens (tertiary/aromatic N) is 2. The van der Waals surface area contributed by atoms with Gasteiger partial charge in [-0.25, -0.2) is 4.98 Å². The molecule has 0 spiro atoms. The van der Waals surface area contributed by atoms with Crippen molar-refractivity contribution in [3.05, 3.63) is 91.2 Å². The van der Waals surface area contributed by atoms with E-state index >= 15 is 0 Å². The van der Waals surface area contributed by atoms with Gasteiger partial charge in [0.15, 0.2) is 11.5 Å². The number of halogens is 4. The summed E-state index contributed by atoms with van der Waals surface area (Å²) in [6, 6.07) is 16.1. The van der Waals surface area contributed by atoms with E-state index in [0.29, 0.717) is 36.7 Å². The van der Waals surface area contributed by atoms with Crippen molar-refractivity contribution in [2.24, 2.45) is 5.10 Å². The molecule has 3 aromatic carbocycles. The molecule has 34 heavy (non-hydrogen) atoms. The summed E-state index contributed by atoms with van der Waals surface area (Å²) < 4.78 is 11.4. The average Bonchev–Trinajstić information content (AvgIpc) is 3.27. The van der Waals surface area contributed by atoms with Gasteiger partial charge < -0.3 is 9.47 Å². The second-order valence-corrected chi connectivity index (χ2v) is 9.51. The highest BCUT2D eigenvalue weighted by Crippen LogP contribution is 2.33. The van der Waals surface area contributed by atoms with Crippen molar-refractivity contribution < 1.29 is 9.47 Å². The Kier molecular flexibility index (Phi) is 8.19. The quantitative estimate of drug-likeness (QED) is 0.176. The number of hydrogen-bond acceptors (Lipinski definition) is 6. The molecule has 1 aromatic heterocycles. The van der Waals surface area contributed by atoms with Crippen LogP contribution in [0.15, 0.2) is 65.1 Å². The average molecular weight is 553 g/mol. The number of methoxy groups -OCH3 is 1. The van der Waals surface area contributed by atoms with E-state index in [1.165, 1.54) is 11.3 Å². The summed E-state index contributed by atoms with van der Waals surface area (Å²) in [5.41, 5.74) is 6.13. The van der Waals surface area contributed by atoms with Gasteiger partial charge in [-0.15, -0.1) is 11.3 Å². The number of hydrogen-bond donors (Lipinski definition) is 1. The number of anilines is 1. The first-order valence-electron chi connectivity index (χ1n) is 9.87. The number of benzene rings is 3. The minimum atomic E-state index is 0.283. The Balaban J connectivity index is 1.40. The second-order valence-electron chi connectivity index (χ2n) is 6.97. The van der Waals surface area contributed by atoms with Gasteiger partial charge >= 0.3 is 0 Å². The summed E-state index contributed by atoms with van der Waals surface area (Å²) in [6.07, 6.45) is 1.67. The van der Waals surface area contributed by atoms with Gasteiger partial charge in [0.1, 0.15) is 6.61 Å². The van der Waals surface area contributed by atoms with Gasteiger partial charge in [-0.3, -0.25) is 5.43 Å². The molecular weight excluding hydrogens is 536 g/mol. The molecule has 174 valence electrons. The fraction of sp³-hybridized carbons (Fsp3) is 0.0833. The topological polar surface area (TPSA) is 55.7 Å². The zero-order chi connectivity index (χ0) is 24.1. The first kappa shape index (κ1) is 24.6. The molecule has 1 N–H and O–H groups in total. The Hall–Kier alpha value is -2.48. The van der Waals surface area contributed by atoms with Crippen LogP contribution < -0.4 is 14.9 Å². The van der Waals surface area contributed by atoms with Crippen LogP contribution in [0.3, 0.4) is 0 Å². The minimum Gasteiger partial charge on any atom is -0.493 e. The molecule has 0 fully saturated rings. The maximum Gasteiger partial charge on any atom is 0.203 e. The van der Waals surface area contributed by atoms with E-state index in [4.69, 9.17) is 55.9 Å². The van der Waals surface area contributed by atoms with Crippen molar-refractivity contribution in [2.45, 2.75) is 6.61 Å². The Morgan fingerprint density at radius 2 is 1.71 bits per heavy atom. The van der Waals surface area contributed by atoms with Crippen molar-refractivity contribution >= 4 is 69.1 Å². The molecule has 4 aromatic rings. The number of ether oxygens (including phenoxy) is 2. The van der Waals surface area contributed by atoms with Gasteiger partial charge in [0.05, 0.1) is 24.0 Å². The van der Waals surface area contributed by atoms with Gasteiger partial charge in [-0.2, -0.15) is 5.10 Å². The highest BCUT2D eigenvalue weighted by molar-refractivity contribution is 7.14. The van der Waals surface area contributed by atoms with Crippen LogP contribution in [0.25, 0.3) is 11.3 Å². The highest BCUT2D eigenvalue weighted by atomic mass is 35.5. The Labute approximate surface area is 220 Å². The van der Waals surface area contributed by atoms with E-state index in [2.05, 4.69) is 15.5 Å². The molecule has 0 aliphatic carbocycles. The zero-order valence-electron chi connectivity index (χ0n) is 17.7. The van der Waals surface area contributed by atoms with Crippen LogP contribution in [0, 0.1) is 0 Å². The lowest BCUT2D eigenvalue weighted by atomic mass is 10.2. The number of hydrazone groups is 1. The molecule has 0 saturated heterocycles. The molecule has 0 aliphatic heterocycles. The van der Waals surface area contributed by atoms with Crippen molar-refractivity contribution in [3.63, 3.8) is 0 Å². The van der Waals surface area contributed by atoms with Crippen molar-refractivity contribution in [3.8, 4) is 22.8 Å². The van der Waals surface area contributed by atoms with Crippen LogP contribution in [0.4, 0.5) is 5.13 Å². The predicted octanol–water partition coefficient (Wildman–Crippen LogP) is 8.46. The smallest absolute Gasteiger partial charge is 0.203 e. The molecule has 0 unspecified atom stereocenters. The number of rotatable bonds is 8. The molecule has 5 nitrogen and oxygen atoms in total. The molecule has 0 aliphatic rings. The van der Waals surface area contributed by atoms with E-state index in [0.717, 1.165) is 22.4 Å². The van der Waals surface area contributed by atoms with Crippen molar-refractivity contribution in [1.29, 1.82) is 0 Å². The predicted molar refractivity (Wildman–Crippen MR) is 143 cm³/mol. The maximum absolute atomic E-state index is 6.27. The van der Waals surface area contributed by atoms with Crippen LogP contribution in [0.2, 0.25) is 20.1 Å². The minimum absolute atomic E-state index is 0.283. The molecule has 4 rings (SSSR count). The largest absolute Gasteiger partial charge is 0.493 e. The van der Waals surface area contributed by atoms with Crippen LogP contribution in [-0.4, -0.2) is 18.3 Å². The van der Waals surface area contributed by atoms with E-state index in [-0.39, 0.29) is 6.61 Å². The second kappa shape index (κ2) is 11.3. The SMILES string of the molecule is COc1cc(/C=N\Nc2nc(-c3ccc(Cl)cc3Cl)cs2)ccc1OCc1ccc(Cl)cc1Cl. The molecule has 0 bridgehead atoms. The molecule has 0 saturated carbocycles. The normalized spacial score (nSPS) is 11.1. The van der Waals surface area contributed by atoms with Crippen LogP contribution in [0.1, 0.15) is 11.1 Å². The van der Waals surface area contributed by atoms with Crippen molar-refractivity contribution in [2.75, 3.05) is 12.5 Å². The number of aromatic nitrogens is 1. The molecule has 10 heteroatoms. The van der Waals surface area contributed by atoms with Crippen LogP contribution >= 0.6 is 57.7 Å². The van der Waals surface area contributed by atoms with Gasteiger partial charge in [0.25, 0.3) is 0 Å². The lowest BCUT2D eigenvalue weighted by Crippen LogP contribution is -1.99. The van der Waals surface area contributed by atoms with Gasteiger partial charge in [-0.05, 0) is 54.1 Å². The third-order valence-corrected chi connectivity index (χ3v) is 6.55. The third kappa shape index (κ3) is 6.14. The van der Waals surface area contributed by atoms with Crippen LogP contribution in [0.5, 0.6) is 11.5 Å².